The van der Waals surface area contributed by atoms with Crippen LogP contribution >= 0.6 is 11.8 Å². The summed E-state index contributed by atoms with van der Waals surface area (Å²) in [6, 6.07) is 7.62. The summed E-state index contributed by atoms with van der Waals surface area (Å²) in [5.74, 6) is 3.06. The van der Waals surface area contributed by atoms with Gasteiger partial charge < -0.3 is 24.2 Å². The Kier molecular flexibility index (Phi) is 5.77. The third-order valence-electron chi connectivity index (χ3n) is 6.03. The zero-order chi connectivity index (χ0) is 24.9. The van der Waals surface area contributed by atoms with Gasteiger partial charge in [-0.2, -0.15) is 0 Å². The zero-order valence-corrected chi connectivity index (χ0v) is 21.1. The number of sulfonamides is 1. The minimum absolute atomic E-state index is 0.154. The highest BCUT2D eigenvalue weighted by Crippen LogP contribution is 2.45. The molecule has 1 aromatic carbocycles. The molecule has 0 atom stereocenters. The molecule has 0 saturated heterocycles. The maximum atomic E-state index is 12.2. The van der Waals surface area contributed by atoms with Crippen LogP contribution in [0.25, 0.3) is 22.5 Å². The molecule has 188 valence electrons. The molecule has 3 aromatic heterocycles. The molecule has 6 rings (SSSR count). The van der Waals surface area contributed by atoms with Gasteiger partial charge in [-0.25, -0.2) is 28.1 Å². The highest BCUT2D eigenvalue weighted by atomic mass is 32.2. The number of hydrogen-bond acceptors (Lipinski definition) is 10. The average Bonchev–Trinajstić information content (AvgIpc) is 3.33. The number of benzene rings is 1. The van der Waals surface area contributed by atoms with Crippen molar-refractivity contribution in [3.05, 3.63) is 36.4 Å². The number of nitrogens with two attached hydrogens (primary N) is 1. The SMILES string of the molecule is Cc1ccc(-c2cc3c(cc2Sc2nc4c(N)ncnc4n2CCCNS(=O)(=O)C2CC2)OCO3)o1. The summed E-state index contributed by atoms with van der Waals surface area (Å²) in [6.45, 7) is 2.86. The van der Waals surface area contributed by atoms with Crippen molar-refractivity contribution < 1.29 is 22.3 Å². The summed E-state index contributed by atoms with van der Waals surface area (Å²) in [6.07, 6.45) is 3.41. The number of aromatic nitrogens is 4. The molecule has 3 N–H and O–H groups in total. The van der Waals surface area contributed by atoms with Crippen LogP contribution in [0.5, 0.6) is 11.5 Å². The van der Waals surface area contributed by atoms with Crippen molar-refractivity contribution in [2.75, 3.05) is 19.1 Å². The summed E-state index contributed by atoms with van der Waals surface area (Å²) in [5.41, 5.74) is 8.03. The fourth-order valence-electron chi connectivity index (χ4n) is 4.04. The molecule has 0 bridgehead atoms. The molecule has 1 fully saturated rings. The van der Waals surface area contributed by atoms with Gasteiger partial charge in [-0.05, 0) is 50.5 Å². The molecule has 13 heteroatoms. The molecule has 11 nitrogen and oxygen atoms in total. The van der Waals surface area contributed by atoms with E-state index in [-0.39, 0.29) is 17.9 Å². The quantitative estimate of drug-likeness (QED) is 0.310. The van der Waals surface area contributed by atoms with Crippen LogP contribution < -0.4 is 19.9 Å². The maximum absolute atomic E-state index is 12.2. The summed E-state index contributed by atoms with van der Waals surface area (Å²) in [7, 11) is -3.24. The van der Waals surface area contributed by atoms with Gasteiger partial charge in [0.15, 0.2) is 33.6 Å². The fraction of sp³-hybridized carbons (Fsp3) is 0.348. The van der Waals surface area contributed by atoms with Crippen molar-refractivity contribution in [1.82, 2.24) is 24.2 Å². The number of anilines is 1. The number of imidazole rings is 1. The average molecular weight is 529 g/mol. The lowest BCUT2D eigenvalue weighted by molar-refractivity contribution is 0.174. The number of aryl methyl sites for hydroxylation is 2. The Hall–Kier alpha value is -3.29. The molecular formula is C23H24N6O5S2. The number of nitrogens with zero attached hydrogens (tertiary/aromatic N) is 4. The van der Waals surface area contributed by atoms with Crippen molar-refractivity contribution in [1.29, 1.82) is 0 Å². The minimum atomic E-state index is -3.24. The van der Waals surface area contributed by atoms with Crippen LogP contribution in [-0.4, -0.2) is 46.5 Å². The van der Waals surface area contributed by atoms with Crippen LogP contribution in [0.2, 0.25) is 0 Å². The fourth-order valence-corrected chi connectivity index (χ4v) is 6.52. The largest absolute Gasteiger partial charge is 0.461 e. The number of hydrogen-bond donors (Lipinski definition) is 2. The second kappa shape index (κ2) is 8.98. The van der Waals surface area contributed by atoms with Crippen molar-refractivity contribution in [3.8, 4) is 22.8 Å². The van der Waals surface area contributed by atoms with E-state index in [1.165, 1.54) is 18.1 Å². The molecule has 1 aliphatic heterocycles. The molecule has 0 amide bonds. The van der Waals surface area contributed by atoms with Gasteiger partial charge in [-0.3, -0.25) is 0 Å². The first-order chi connectivity index (χ1) is 17.4. The van der Waals surface area contributed by atoms with Crippen LogP contribution in [0.15, 0.2) is 45.1 Å². The van der Waals surface area contributed by atoms with Gasteiger partial charge in [-0.15, -0.1) is 0 Å². The van der Waals surface area contributed by atoms with Crippen LogP contribution in [0, 0.1) is 6.92 Å². The number of nitrogens with one attached hydrogen (secondary N) is 1. The summed E-state index contributed by atoms with van der Waals surface area (Å²) >= 11 is 1.42. The number of ether oxygens (including phenoxy) is 2. The number of nitrogen functional groups attached to an aromatic ring is 1. The van der Waals surface area contributed by atoms with E-state index in [0.717, 1.165) is 29.1 Å². The lowest BCUT2D eigenvalue weighted by Crippen LogP contribution is -2.28. The van der Waals surface area contributed by atoms with E-state index in [2.05, 4.69) is 14.7 Å². The van der Waals surface area contributed by atoms with E-state index in [1.54, 1.807) is 0 Å². The topological polar surface area (TPSA) is 147 Å². The lowest BCUT2D eigenvalue weighted by Gasteiger charge is -2.12. The predicted molar refractivity (Wildman–Crippen MR) is 133 cm³/mol. The summed E-state index contributed by atoms with van der Waals surface area (Å²) in [5, 5.41) is 0.394. The second-order valence-corrected chi connectivity index (χ2v) is 11.7. The van der Waals surface area contributed by atoms with Gasteiger partial charge in [0.05, 0.1) is 5.25 Å². The molecule has 4 aromatic rings. The smallest absolute Gasteiger partial charge is 0.231 e. The Morgan fingerprint density at radius 2 is 2.00 bits per heavy atom. The van der Waals surface area contributed by atoms with Crippen molar-refractivity contribution in [2.24, 2.45) is 0 Å². The first kappa shape index (κ1) is 23.1. The molecular weight excluding hydrogens is 504 g/mol. The molecule has 0 unspecified atom stereocenters. The number of furan rings is 1. The number of rotatable bonds is 9. The monoisotopic (exact) mass is 528 g/mol. The zero-order valence-electron chi connectivity index (χ0n) is 19.4. The predicted octanol–water partition coefficient (Wildman–Crippen LogP) is 3.33. The van der Waals surface area contributed by atoms with E-state index in [9.17, 15) is 8.42 Å². The van der Waals surface area contributed by atoms with Crippen LogP contribution in [0.4, 0.5) is 5.82 Å². The van der Waals surface area contributed by atoms with Crippen LogP contribution in [0.3, 0.4) is 0 Å². The Morgan fingerprint density at radius 3 is 2.75 bits per heavy atom. The molecule has 36 heavy (non-hydrogen) atoms. The van der Waals surface area contributed by atoms with Gasteiger partial charge in [0.2, 0.25) is 16.8 Å². The molecule has 0 radical (unpaired) electrons. The Labute approximate surface area is 211 Å². The summed E-state index contributed by atoms with van der Waals surface area (Å²) < 4.78 is 46.1. The maximum Gasteiger partial charge on any atom is 0.231 e. The third-order valence-corrected chi connectivity index (χ3v) is 9.04. The first-order valence-corrected chi connectivity index (χ1v) is 13.9. The second-order valence-electron chi connectivity index (χ2n) is 8.68. The molecule has 4 heterocycles. The molecule has 1 aliphatic carbocycles. The van der Waals surface area contributed by atoms with Crippen LogP contribution in [-0.2, 0) is 16.6 Å². The Morgan fingerprint density at radius 1 is 1.19 bits per heavy atom. The molecule has 0 spiro atoms. The number of fused-ring (bicyclic) bond motifs is 2. The van der Waals surface area contributed by atoms with E-state index in [1.807, 2.05) is 35.8 Å². The first-order valence-electron chi connectivity index (χ1n) is 11.5. The van der Waals surface area contributed by atoms with Crippen molar-refractivity contribution in [3.63, 3.8) is 0 Å². The lowest BCUT2D eigenvalue weighted by atomic mass is 10.1. The van der Waals surface area contributed by atoms with E-state index >= 15 is 0 Å². The van der Waals surface area contributed by atoms with Crippen molar-refractivity contribution in [2.45, 2.75) is 48.0 Å². The Bertz CT molecular complexity index is 1560. The highest BCUT2D eigenvalue weighted by Gasteiger charge is 2.35. The Balaban J connectivity index is 1.34. The van der Waals surface area contributed by atoms with Gasteiger partial charge in [0.25, 0.3) is 0 Å². The van der Waals surface area contributed by atoms with Gasteiger partial charge in [0.1, 0.15) is 17.8 Å². The summed E-state index contributed by atoms with van der Waals surface area (Å²) in [4.78, 5) is 14.1. The van der Waals surface area contributed by atoms with Gasteiger partial charge in [0, 0.05) is 23.5 Å². The highest BCUT2D eigenvalue weighted by molar-refractivity contribution is 7.99. The molecule has 1 saturated carbocycles. The normalized spacial score (nSPS) is 15.1. The third kappa shape index (κ3) is 4.38. The molecule has 2 aliphatic rings. The standard InChI is InChI=1S/C23H24N6O5S2/c1-13-3-6-16(34-13)15-9-17-18(33-12-32-17)10-19(15)35-23-28-20-21(24)25-11-26-22(20)29(23)8-2-7-27-36(30,31)14-4-5-14/h3,6,9-11,14,27H,2,4-5,7-8,12H2,1H3,(H2,24,25,26). The minimum Gasteiger partial charge on any atom is -0.461 e. The van der Waals surface area contributed by atoms with Crippen molar-refractivity contribution >= 4 is 38.8 Å². The van der Waals surface area contributed by atoms with E-state index in [0.29, 0.717) is 53.1 Å². The van der Waals surface area contributed by atoms with E-state index < -0.39 is 10.0 Å². The van der Waals surface area contributed by atoms with Gasteiger partial charge in [-0.1, -0.05) is 11.8 Å². The van der Waals surface area contributed by atoms with Gasteiger partial charge >= 0.3 is 0 Å². The van der Waals surface area contributed by atoms with E-state index in [4.69, 9.17) is 24.6 Å². The van der Waals surface area contributed by atoms with Crippen LogP contribution in [0.1, 0.15) is 25.0 Å².